The molecule has 1 aliphatic carbocycles. The van der Waals surface area contributed by atoms with Gasteiger partial charge in [-0.3, -0.25) is 9.79 Å². The SMILES string of the molecule is CCNC(=NCC1CCC(c2ccccc2)CC1)N1CCC(C(=O)OC)CC1. The predicted molar refractivity (Wildman–Crippen MR) is 113 cm³/mol. The molecule has 3 rings (SSSR count). The lowest BCUT2D eigenvalue weighted by Gasteiger charge is -2.34. The summed E-state index contributed by atoms with van der Waals surface area (Å²) in [4.78, 5) is 19.0. The number of rotatable bonds is 5. The molecule has 154 valence electrons. The fourth-order valence-electron chi connectivity index (χ4n) is 4.54. The number of hydrogen-bond acceptors (Lipinski definition) is 3. The van der Waals surface area contributed by atoms with Crippen LogP contribution in [-0.4, -0.2) is 50.1 Å². The van der Waals surface area contributed by atoms with Crippen molar-refractivity contribution in [3.8, 4) is 0 Å². The third-order valence-corrected chi connectivity index (χ3v) is 6.28. The van der Waals surface area contributed by atoms with Gasteiger partial charge in [-0.2, -0.15) is 0 Å². The standard InChI is InChI=1S/C23H35N3O2/c1-3-24-23(26-15-13-21(14-16-26)22(27)28-2)25-17-18-9-11-20(12-10-18)19-7-5-4-6-8-19/h4-8,18,20-21H,3,9-17H2,1-2H3,(H,24,25). The van der Waals surface area contributed by atoms with Gasteiger partial charge >= 0.3 is 5.97 Å². The van der Waals surface area contributed by atoms with Gasteiger partial charge in [0.25, 0.3) is 0 Å². The van der Waals surface area contributed by atoms with Crippen LogP contribution in [0.3, 0.4) is 0 Å². The van der Waals surface area contributed by atoms with Crippen LogP contribution in [0.1, 0.15) is 56.9 Å². The van der Waals surface area contributed by atoms with E-state index in [1.54, 1.807) is 0 Å². The molecule has 1 heterocycles. The predicted octanol–water partition coefficient (Wildman–Crippen LogP) is 3.81. The zero-order valence-corrected chi connectivity index (χ0v) is 17.4. The highest BCUT2D eigenvalue weighted by Crippen LogP contribution is 2.35. The number of hydrogen-bond donors (Lipinski definition) is 1. The monoisotopic (exact) mass is 385 g/mol. The van der Waals surface area contributed by atoms with Crippen molar-refractivity contribution >= 4 is 11.9 Å². The summed E-state index contributed by atoms with van der Waals surface area (Å²) in [6.45, 7) is 5.62. The van der Waals surface area contributed by atoms with Gasteiger partial charge in [-0.25, -0.2) is 0 Å². The van der Waals surface area contributed by atoms with Gasteiger partial charge in [0.2, 0.25) is 0 Å². The van der Waals surface area contributed by atoms with Crippen molar-refractivity contribution in [1.29, 1.82) is 0 Å². The molecule has 0 atom stereocenters. The van der Waals surface area contributed by atoms with Crippen molar-refractivity contribution in [2.45, 2.75) is 51.4 Å². The second-order valence-electron chi connectivity index (χ2n) is 8.11. The number of benzene rings is 1. The number of nitrogens with zero attached hydrogens (tertiary/aromatic N) is 2. The smallest absolute Gasteiger partial charge is 0.308 e. The third kappa shape index (κ3) is 5.49. The summed E-state index contributed by atoms with van der Waals surface area (Å²) in [7, 11) is 1.48. The topological polar surface area (TPSA) is 53.9 Å². The van der Waals surface area contributed by atoms with E-state index in [4.69, 9.17) is 9.73 Å². The van der Waals surface area contributed by atoms with Gasteiger partial charge in [0.1, 0.15) is 0 Å². The van der Waals surface area contributed by atoms with Crippen LogP contribution in [0, 0.1) is 11.8 Å². The van der Waals surface area contributed by atoms with Crippen molar-refractivity contribution < 1.29 is 9.53 Å². The fraction of sp³-hybridized carbons (Fsp3) is 0.652. The molecule has 1 N–H and O–H groups in total. The molecular formula is C23H35N3O2. The van der Waals surface area contributed by atoms with Gasteiger partial charge in [-0.1, -0.05) is 30.3 Å². The Morgan fingerprint density at radius 3 is 2.39 bits per heavy atom. The van der Waals surface area contributed by atoms with Crippen molar-refractivity contribution in [3.63, 3.8) is 0 Å². The second kappa shape index (κ2) is 10.5. The van der Waals surface area contributed by atoms with Crippen LogP contribution in [-0.2, 0) is 9.53 Å². The molecule has 2 fully saturated rings. The van der Waals surface area contributed by atoms with Crippen LogP contribution in [0.2, 0.25) is 0 Å². The van der Waals surface area contributed by atoms with Crippen LogP contribution >= 0.6 is 0 Å². The Morgan fingerprint density at radius 2 is 1.79 bits per heavy atom. The summed E-state index contributed by atoms with van der Waals surface area (Å²) in [6, 6.07) is 10.9. The largest absolute Gasteiger partial charge is 0.469 e. The van der Waals surface area contributed by atoms with Crippen molar-refractivity contribution in [3.05, 3.63) is 35.9 Å². The number of guanidine groups is 1. The number of carbonyl (C=O) groups is 1. The van der Waals surface area contributed by atoms with Crippen molar-refractivity contribution in [1.82, 2.24) is 10.2 Å². The number of aliphatic imine (C=N–C) groups is 1. The van der Waals surface area contributed by atoms with Crippen LogP contribution in [0.25, 0.3) is 0 Å². The summed E-state index contributed by atoms with van der Waals surface area (Å²) >= 11 is 0. The van der Waals surface area contributed by atoms with Gasteiger partial charge in [0.15, 0.2) is 5.96 Å². The van der Waals surface area contributed by atoms with Crippen molar-refractivity contribution in [2.75, 3.05) is 33.3 Å². The molecule has 0 aromatic heterocycles. The number of piperidine rings is 1. The first-order valence-corrected chi connectivity index (χ1v) is 10.9. The molecule has 1 saturated heterocycles. The highest BCUT2D eigenvalue weighted by molar-refractivity contribution is 5.80. The molecule has 0 radical (unpaired) electrons. The van der Waals surface area contributed by atoms with E-state index in [1.165, 1.54) is 38.4 Å². The molecule has 5 heteroatoms. The van der Waals surface area contributed by atoms with Crippen LogP contribution in [0.15, 0.2) is 35.3 Å². The Kier molecular flexibility index (Phi) is 7.75. The lowest BCUT2D eigenvalue weighted by atomic mass is 9.79. The average Bonchev–Trinajstić information content (AvgIpc) is 2.77. The first kappa shape index (κ1) is 20.7. The Hall–Kier alpha value is -2.04. The lowest BCUT2D eigenvalue weighted by Crippen LogP contribution is -2.46. The van der Waals surface area contributed by atoms with E-state index in [2.05, 4.69) is 47.5 Å². The summed E-state index contributed by atoms with van der Waals surface area (Å²) in [6.07, 6.45) is 6.74. The maximum absolute atomic E-state index is 11.7. The number of methoxy groups -OCH3 is 1. The molecule has 2 aliphatic rings. The molecule has 1 saturated carbocycles. The molecule has 0 spiro atoms. The summed E-state index contributed by atoms with van der Waals surface area (Å²) in [5.74, 6) is 2.37. The lowest BCUT2D eigenvalue weighted by molar-refractivity contribution is -0.146. The Balaban J connectivity index is 1.49. The van der Waals surface area contributed by atoms with E-state index in [0.29, 0.717) is 11.8 Å². The third-order valence-electron chi connectivity index (χ3n) is 6.28. The van der Waals surface area contributed by atoms with Crippen molar-refractivity contribution in [2.24, 2.45) is 16.8 Å². The van der Waals surface area contributed by atoms with Gasteiger partial charge in [0, 0.05) is 26.2 Å². The first-order valence-electron chi connectivity index (χ1n) is 10.9. The van der Waals surface area contributed by atoms with Gasteiger partial charge in [-0.15, -0.1) is 0 Å². The van der Waals surface area contributed by atoms with E-state index >= 15 is 0 Å². The number of carbonyl (C=O) groups excluding carboxylic acids is 1. The fourth-order valence-corrected chi connectivity index (χ4v) is 4.54. The Bertz CT molecular complexity index is 631. The minimum Gasteiger partial charge on any atom is -0.469 e. The molecule has 0 bridgehead atoms. The highest BCUT2D eigenvalue weighted by atomic mass is 16.5. The summed E-state index contributed by atoms with van der Waals surface area (Å²) in [5.41, 5.74) is 1.49. The van der Waals surface area contributed by atoms with E-state index in [0.717, 1.165) is 45.0 Å². The van der Waals surface area contributed by atoms with Gasteiger partial charge in [0.05, 0.1) is 13.0 Å². The number of ether oxygens (including phenoxy) is 1. The highest BCUT2D eigenvalue weighted by Gasteiger charge is 2.27. The average molecular weight is 386 g/mol. The number of nitrogens with one attached hydrogen (secondary N) is 1. The zero-order chi connectivity index (χ0) is 19.8. The maximum atomic E-state index is 11.7. The minimum atomic E-state index is -0.0724. The molecule has 1 aromatic rings. The van der Waals surface area contributed by atoms with E-state index < -0.39 is 0 Å². The Morgan fingerprint density at radius 1 is 1.11 bits per heavy atom. The quantitative estimate of drug-likeness (QED) is 0.476. The second-order valence-corrected chi connectivity index (χ2v) is 8.11. The summed E-state index contributed by atoms with van der Waals surface area (Å²) in [5, 5.41) is 3.44. The van der Waals surface area contributed by atoms with E-state index in [-0.39, 0.29) is 11.9 Å². The Labute approximate surface area is 169 Å². The van der Waals surface area contributed by atoms with Crippen LogP contribution < -0.4 is 5.32 Å². The molecule has 0 amide bonds. The number of likely N-dealkylation sites (tertiary alicyclic amines) is 1. The molecule has 5 nitrogen and oxygen atoms in total. The molecule has 1 aromatic carbocycles. The maximum Gasteiger partial charge on any atom is 0.308 e. The van der Waals surface area contributed by atoms with Crippen LogP contribution in [0.4, 0.5) is 0 Å². The molecule has 0 unspecified atom stereocenters. The molecular weight excluding hydrogens is 350 g/mol. The molecule has 1 aliphatic heterocycles. The molecule has 28 heavy (non-hydrogen) atoms. The van der Waals surface area contributed by atoms with Gasteiger partial charge in [-0.05, 0) is 62.8 Å². The van der Waals surface area contributed by atoms with Crippen LogP contribution in [0.5, 0.6) is 0 Å². The van der Waals surface area contributed by atoms with Gasteiger partial charge < -0.3 is 15.0 Å². The van der Waals surface area contributed by atoms with E-state index in [9.17, 15) is 4.79 Å². The first-order chi connectivity index (χ1) is 13.7. The normalized spacial score (nSPS) is 24.1. The summed E-state index contributed by atoms with van der Waals surface area (Å²) < 4.78 is 4.90. The van der Waals surface area contributed by atoms with E-state index in [1.807, 2.05) is 0 Å². The number of esters is 1. The zero-order valence-electron chi connectivity index (χ0n) is 17.4. The minimum absolute atomic E-state index is 0.0393.